The van der Waals surface area contributed by atoms with Crippen molar-refractivity contribution >= 4 is 0 Å². The number of morpholine rings is 1. The summed E-state index contributed by atoms with van der Waals surface area (Å²) in [5.41, 5.74) is 5.74. The topological polar surface area (TPSA) is 77.4 Å². The van der Waals surface area contributed by atoms with Gasteiger partial charge in [0.25, 0.3) is 0 Å². The molecule has 2 heterocycles. The summed E-state index contributed by atoms with van der Waals surface area (Å²) in [6.45, 7) is 7.47. The Balaban J connectivity index is 1.72. The number of ether oxygens (including phenoxy) is 1. The maximum absolute atomic E-state index is 5.78. The molecule has 0 aromatic carbocycles. The molecule has 0 amide bonds. The summed E-state index contributed by atoms with van der Waals surface area (Å²) in [7, 11) is 0. The first-order valence-electron chi connectivity index (χ1n) is 7.04. The second-order valence-corrected chi connectivity index (χ2v) is 5.89. The van der Waals surface area contributed by atoms with E-state index in [1.807, 2.05) is 0 Å². The van der Waals surface area contributed by atoms with E-state index in [4.69, 9.17) is 15.0 Å². The Labute approximate surface area is 113 Å². The Hall–Kier alpha value is -0.980. The van der Waals surface area contributed by atoms with E-state index in [0.29, 0.717) is 24.3 Å². The summed E-state index contributed by atoms with van der Waals surface area (Å²) in [5.74, 6) is 1.36. The Kier molecular flexibility index (Phi) is 3.32. The molecule has 1 aromatic rings. The molecular weight excluding hydrogens is 244 g/mol. The summed E-state index contributed by atoms with van der Waals surface area (Å²) in [6, 6.07) is 0.511. The monoisotopic (exact) mass is 266 g/mol. The van der Waals surface area contributed by atoms with Crippen molar-refractivity contribution in [2.75, 3.05) is 26.2 Å². The van der Waals surface area contributed by atoms with Gasteiger partial charge in [-0.2, -0.15) is 4.98 Å². The number of aromatic nitrogens is 2. The Morgan fingerprint density at radius 2 is 2.26 bits per heavy atom. The third-order valence-corrected chi connectivity index (χ3v) is 4.26. The standard InChI is InChI=1S/C13H22N4O2/c1-9(2)17-5-6-18-10(7-17)11-15-12(19-16-11)13(8-14)3-4-13/h9-10H,3-8,14H2,1-2H3. The number of rotatable bonds is 4. The van der Waals surface area contributed by atoms with Crippen LogP contribution in [0.4, 0.5) is 0 Å². The lowest BCUT2D eigenvalue weighted by Crippen LogP contribution is -2.42. The van der Waals surface area contributed by atoms with Crippen molar-refractivity contribution in [1.82, 2.24) is 15.0 Å². The molecule has 1 atom stereocenters. The third-order valence-electron chi connectivity index (χ3n) is 4.26. The van der Waals surface area contributed by atoms with E-state index >= 15 is 0 Å². The van der Waals surface area contributed by atoms with Crippen LogP contribution in [-0.2, 0) is 10.2 Å². The number of hydrogen-bond acceptors (Lipinski definition) is 6. The van der Waals surface area contributed by atoms with Crippen molar-refractivity contribution < 1.29 is 9.26 Å². The van der Waals surface area contributed by atoms with Crippen LogP contribution in [0.3, 0.4) is 0 Å². The highest BCUT2D eigenvalue weighted by molar-refractivity contribution is 5.16. The molecule has 2 fully saturated rings. The first-order valence-corrected chi connectivity index (χ1v) is 7.04. The molecule has 2 aliphatic rings. The molecule has 1 aromatic heterocycles. The van der Waals surface area contributed by atoms with Gasteiger partial charge in [-0.05, 0) is 26.7 Å². The molecule has 19 heavy (non-hydrogen) atoms. The SMILES string of the molecule is CC(C)N1CCOC(c2noc(C3(CN)CC3)n2)C1. The zero-order valence-corrected chi connectivity index (χ0v) is 11.6. The van der Waals surface area contributed by atoms with E-state index in [2.05, 4.69) is 28.9 Å². The third kappa shape index (κ3) is 2.40. The van der Waals surface area contributed by atoms with Crippen molar-refractivity contribution in [2.24, 2.45) is 5.73 Å². The fourth-order valence-electron chi connectivity index (χ4n) is 2.53. The molecule has 6 heteroatoms. The van der Waals surface area contributed by atoms with Crippen LogP contribution in [0.5, 0.6) is 0 Å². The van der Waals surface area contributed by atoms with E-state index in [-0.39, 0.29) is 11.5 Å². The molecule has 0 spiro atoms. The molecular formula is C13H22N4O2. The van der Waals surface area contributed by atoms with Gasteiger partial charge < -0.3 is 15.0 Å². The Morgan fingerprint density at radius 3 is 2.89 bits per heavy atom. The summed E-state index contributed by atoms with van der Waals surface area (Å²) in [5, 5.41) is 4.09. The quantitative estimate of drug-likeness (QED) is 0.870. The number of nitrogens with zero attached hydrogens (tertiary/aromatic N) is 3. The predicted molar refractivity (Wildman–Crippen MR) is 69.7 cm³/mol. The zero-order chi connectivity index (χ0) is 13.5. The second-order valence-electron chi connectivity index (χ2n) is 5.89. The average molecular weight is 266 g/mol. The summed E-state index contributed by atoms with van der Waals surface area (Å²) in [4.78, 5) is 6.90. The van der Waals surface area contributed by atoms with Gasteiger partial charge in [0.2, 0.25) is 11.7 Å². The Morgan fingerprint density at radius 1 is 1.47 bits per heavy atom. The van der Waals surface area contributed by atoms with Gasteiger partial charge >= 0.3 is 0 Å². The highest BCUT2D eigenvalue weighted by atomic mass is 16.5. The minimum Gasteiger partial charge on any atom is -0.367 e. The van der Waals surface area contributed by atoms with Crippen molar-refractivity contribution in [1.29, 1.82) is 0 Å². The highest BCUT2D eigenvalue weighted by Gasteiger charge is 2.48. The van der Waals surface area contributed by atoms with Crippen LogP contribution >= 0.6 is 0 Å². The van der Waals surface area contributed by atoms with E-state index in [1.54, 1.807) is 0 Å². The lowest BCUT2D eigenvalue weighted by molar-refractivity contribution is -0.0450. The molecule has 1 unspecified atom stereocenters. The van der Waals surface area contributed by atoms with Gasteiger partial charge in [-0.3, -0.25) is 4.90 Å². The smallest absolute Gasteiger partial charge is 0.234 e. The van der Waals surface area contributed by atoms with Crippen LogP contribution in [0.2, 0.25) is 0 Å². The lowest BCUT2D eigenvalue weighted by Gasteiger charge is -2.34. The lowest BCUT2D eigenvalue weighted by atomic mass is 10.1. The molecule has 1 saturated carbocycles. The second kappa shape index (κ2) is 4.85. The minimum absolute atomic E-state index is 0.0440. The summed E-state index contributed by atoms with van der Waals surface area (Å²) < 4.78 is 11.2. The molecule has 3 rings (SSSR count). The minimum atomic E-state index is -0.0813. The Bertz CT molecular complexity index is 442. The maximum Gasteiger partial charge on any atom is 0.234 e. The molecule has 6 nitrogen and oxygen atoms in total. The van der Waals surface area contributed by atoms with Crippen molar-refractivity contribution in [3.05, 3.63) is 11.7 Å². The predicted octanol–water partition coefficient (Wildman–Crippen LogP) is 0.842. The van der Waals surface area contributed by atoms with E-state index in [9.17, 15) is 0 Å². The van der Waals surface area contributed by atoms with Gasteiger partial charge in [0.15, 0.2) is 0 Å². The maximum atomic E-state index is 5.78. The first kappa shape index (κ1) is 13.0. The normalized spacial score (nSPS) is 26.8. The van der Waals surface area contributed by atoms with Crippen molar-refractivity contribution in [3.63, 3.8) is 0 Å². The van der Waals surface area contributed by atoms with Gasteiger partial charge in [0.05, 0.1) is 12.0 Å². The van der Waals surface area contributed by atoms with Crippen LogP contribution in [0.15, 0.2) is 4.52 Å². The molecule has 0 radical (unpaired) electrons. The van der Waals surface area contributed by atoms with Gasteiger partial charge in [-0.25, -0.2) is 0 Å². The number of hydrogen-bond donors (Lipinski definition) is 1. The molecule has 0 bridgehead atoms. The molecule has 1 saturated heterocycles. The number of nitrogens with two attached hydrogens (primary N) is 1. The van der Waals surface area contributed by atoms with Gasteiger partial charge in [-0.1, -0.05) is 5.16 Å². The highest BCUT2D eigenvalue weighted by Crippen LogP contribution is 2.46. The molecule has 2 N–H and O–H groups in total. The fraction of sp³-hybridized carbons (Fsp3) is 0.846. The zero-order valence-electron chi connectivity index (χ0n) is 11.6. The van der Waals surface area contributed by atoms with E-state index in [1.165, 1.54) is 0 Å². The first-order chi connectivity index (χ1) is 9.14. The molecule has 1 aliphatic heterocycles. The summed E-state index contributed by atoms with van der Waals surface area (Å²) >= 11 is 0. The summed E-state index contributed by atoms with van der Waals surface area (Å²) in [6.07, 6.45) is 2.02. The van der Waals surface area contributed by atoms with Gasteiger partial charge in [0, 0.05) is 25.7 Å². The largest absolute Gasteiger partial charge is 0.367 e. The van der Waals surface area contributed by atoms with Crippen LogP contribution in [0.25, 0.3) is 0 Å². The fourth-order valence-corrected chi connectivity index (χ4v) is 2.53. The van der Waals surface area contributed by atoms with E-state index < -0.39 is 0 Å². The van der Waals surface area contributed by atoms with Crippen LogP contribution in [0, 0.1) is 0 Å². The van der Waals surface area contributed by atoms with E-state index in [0.717, 1.165) is 32.5 Å². The van der Waals surface area contributed by atoms with Gasteiger partial charge in [0.1, 0.15) is 6.10 Å². The molecule has 106 valence electrons. The average Bonchev–Trinajstić information content (AvgIpc) is 3.08. The van der Waals surface area contributed by atoms with Gasteiger partial charge in [-0.15, -0.1) is 0 Å². The van der Waals surface area contributed by atoms with Crippen LogP contribution < -0.4 is 5.73 Å². The van der Waals surface area contributed by atoms with Crippen LogP contribution in [-0.4, -0.2) is 47.3 Å². The van der Waals surface area contributed by atoms with Crippen molar-refractivity contribution in [2.45, 2.75) is 44.2 Å². The van der Waals surface area contributed by atoms with Crippen LogP contribution in [0.1, 0.15) is 44.5 Å². The van der Waals surface area contributed by atoms with Crippen molar-refractivity contribution in [3.8, 4) is 0 Å². The molecule has 1 aliphatic carbocycles.